The van der Waals surface area contributed by atoms with Gasteiger partial charge in [-0.25, -0.2) is 0 Å². The van der Waals surface area contributed by atoms with E-state index in [0.29, 0.717) is 4.32 Å². The Morgan fingerprint density at radius 1 is 1.17 bits per heavy atom. The van der Waals surface area contributed by atoms with Gasteiger partial charge >= 0.3 is 0 Å². The van der Waals surface area contributed by atoms with Crippen molar-refractivity contribution in [3.8, 4) is 0 Å². The second kappa shape index (κ2) is 6.76. The number of thiocarbonyl (C=S) groups is 1. The van der Waals surface area contributed by atoms with E-state index < -0.39 is 0 Å². The summed E-state index contributed by atoms with van der Waals surface area (Å²) < 4.78 is 0.652. The highest BCUT2D eigenvalue weighted by atomic mass is 32.1. The summed E-state index contributed by atoms with van der Waals surface area (Å²) in [7, 11) is 0. The van der Waals surface area contributed by atoms with Gasteiger partial charge in [-0.1, -0.05) is 60.8 Å². The number of allylic oxidation sites excluding steroid dienone is 2. The number of hydrogen-bond donors (Lipinski definition) is 1. The molecule has 94 valence electrons. The molecule has 0 saturated heterocycles. The summed E-state index contributed by atoms with van der Waals surface area (Å²) in [5, 5.41) is 0. The van der Waals surface area contributed by atoms with Gasteiger partial charge in [-0.3, -0.25) is 0 Å². The monoisotopic (exact) mass is 275 g/mol. The average Bonchev–Trinajstić information content (AvgIpc) is 2.40. The Balaban J connectivity index is 2.02. The van der Waals surface area contributed by atoms with Crippen molar-refractivity contribution in [2.45, 2.75) is 19.4 Å². The molecule has 0 aliphatic heterocycles. The molecule has 1 nitrogen and oxygen atoms in total. The SMILES string of the molecule is S=C(S)N(CC1=CCCC=C1)Cc1ccccc1. The average molecular weight is 275 g/mol. The molecule has 0 spiro atoms. The summed E-state index contributed by atoms with van der Waals surface area (Å²) in [6.45, 7) is 1.65. The van der Waals surface area contributed by atoms with Crippen molar-refractivity contribution in [2.75, 3.05) is 6.54 Å². The van der Waals surface area contributed by atoms with Crippen LogP contribution in [0.15, 0.2) is 54.1 Å². The molecular formula is C15H17NS2. The molecule has 0 fully saturated rings. The lowest BCUT2D eigenvalue weighted by molar-refractivity contribution is 0.465. The second-order valence-electron chi connectivity index (χ2n) is 4.38. The lowest BCUT2D eigenvalue weighted by Crippen LogP contribution is -2.27. The molecule has 0 amide bonds. The molecule has 3 heteroatoms. The molecule has 0 heterocycles. The highest BCUT2D eigenvalue weighted by molar-refractivity contribution is 8.10. The summed E-state index contributed by atoms with van der Waals surface area (Å²) in [4.78, 5) is 2.12. The molecule has 0 saturated carbocycles. The summed E-state index contributed by atoms with van der Waals surface area (Å²) in [6.07, 6.45) is 8.97. The van der Waals surface area contributed by atoms with Crippen LogP contribution in [0.4, 0.5) is 0 Å². The third-order valence-electron chi connectivity index (χ3n) is 2.93. The van der Waals surface area contributed by atoms with E-state index in [1.165, 1.54) is 11.1 Å². The zero-order valence-corrected chi connectivity index (χ0v) is 12.0. The van der Waals surface area contributed by atoms with Crippen LogP contribution in [0.1, 0.15) is 18.4 Å². The number of benzene rings is 1. The van der Waals surface area contributed by atoms with Gasteiger partial charge in [0.05, 0.1) is 0 Å². The first kappa shape index (κ1) is 13.4. The molecule has 18 heavy (non-hydrogen) atoms. The van der Waals surface area contributed by atoms with Crippen molar-refractivity contribution in [3.63, 3.8) is 0 Å². The molecule has 0 unspecified atom stereocenters. The van der Waals surface area contributed by atoms with E-state index in [2.05, 4.69) is 60.0 Å². The molecule has 1 aromatic rings. The molecule has 0 aromatic heterocycles. The first-order chi connectivity index (χ1) is 8.75. The molecule has 0 atom stereocenters. The maximum atomic E-state index is 5.22. The number of rotatable bonds is 4. The summed E-state index contributed by atoms with van der Waals surface area (Å²) in [6, 6.07) is 10.4. The van der Waals surface area contributed by atoms with Gasteiger partial charge in [0.2, 0.25) is 0 Å². The molecule has 0 bridgehead atoms. The zero-order chi connectivity index (χ0) is 12.8. The molecule has 2 rings (SSSR count). The van der Waals surface area contributed by atoms with E-state index in [9.17, 15) is 0 Å². The van der Waals surface area contributed by atoms with E-state index in [0.717, 1.165) is 25.9 Å². The highest BCUT2D eigenvalue weighted by Gasteiger charge is 2.09. The van der Waals surface area contributed by atoms with E-state index in [1.54, 1.807) is 0 Å². The largest absolute Gasteiger partial charge is 0.349 e. The third kappa shape index (κ3) is 4.00. The normalized spacial score (nSPS) is 14.2. The first-order valence-corrected chi connectivity index (χ1v) is 6.98. The van der Waals surface area contributed by atoms with Crippen LogP contribution in [-0.2, 0) is 6.54 Å². The van der Waals surface area contributed by atoms with Crippen molar-refractivity contribution in [1.82, 2.24) is 4.90 Å². The van der Waals surface area contributed by atoms with Gasteiger partial charge in [0.25, 0.3) is 0 Å². The van der Waals surface area contributed by atoms with Gasteiger partial charge in [0.1, 0.15) is 4.32 Å². The van der Waals surface area contributed by atoms with Crippen LogP contribution < -0.4 is 0 Å². The molecule has 1 aliphatic rings. The summed E-state index contributed by atoms with van der Waals surface area (Å²) in [5.41, 5.74) is 2.59. The zero-order valence-electron chi connectivity index (χ0n) is 10.2. The van der Waals surface area contributed by atoms with Gasteiger partial charge in [0, 0.05) is 13.1 Å². The minimum atomic E-state index is 0.652. The maximum absolute atomic E-state index is 5.22. The Hall–Kier alpha value is -1.06. The van der Waals surface area contributed by atoms with Crippen LogP contribution in [0.5, 0.6) is 0 Å². The van der Waals surface area contributed by atoms with Gasteiger partial charge in [-0.05, 0) is 24.0 Å². The molecule has 0 N–H and O–H groups in total. The second-order valence-corrected chi connectivity index (χ2v) is 5.50. The summed E-state index contributed by atoms with van der Waals surface area (Å²) in [5.74, 6) is 0. The van der Waals surface area contributed by atoms with Crippen molar-refractivity contribution in [3.05, 3.63) is 59.7 Å². The van der Waals surface area contributed by atoms with E-state index in [-0.39, 0.29) is 0 Å². The lowest BCUT2D eigenvalue weighted by Gasteiger charge is -2.24. The van der Waals surface area contributed by atoms with Crippen LogP contribution in [0.25, 0.3) is 0 Å². The quantitative estimate of drug-likeness (QED) is 0.654. The Bertz CT molecular complexity index is 463. The van der Waals surface area contributed by atoms with Gasteiger partial charge in [-0.2, -0.15) is 0 Å². The van der Waals surface area contributed by atoms with Gasteiger partial charge < -0.3 is 4.90 Å². The Labute approximate surface area is 120 Å². The minimum absolute atomic E-state index is 0.652. The van der Waals surface area contributed by atoms with Gasteiger partial charge in [0.15, 0.2) is 0 Å². The van der Waals surface area contributed by atoms with Crippen LogP contribution in [-0.4, -0.2) is 15.8 Å². The topological polar surface area (TPSA) is 3.24 Å². The smallest absolute Gasteiger partial charge is 0.133 e. The Kier molecular flexibility index (Phi) is 5.02. The van der Waals surface area contributed by atoms with Crippen molar-refractivity contribution in [2.24, 2.45) is 0 Å². The van der Waals surface area contributed by atoms with Crippen LogP contribution >= 0.6 is 24.8 Å². The van der Waals surface area contributed by atoms with Crippen LogP contribution in [0.2, 0.25) is 0 Å². The molecule has 1 aliphatic carbocycles. The van der Waals surface area contributed by atoms with Crippen molar-refractivity contribution in [1.29, 1.82) is 0 Å². The fraction of sp³-hybridized carbons (Fsp3) is 0.267. The van der Waals surface area contributed by atoms with Crippen LogP contribution in [0, 0.1) is 0 Å². The minimum Gasteiger partial charge on any atom is -0.349 e. The molecular weight excluding hydrogens is 258 g/mol. The van der Waals surface area contributed by atoms with Gasteiger partial charge in [-0.15, -0.1) is 12.6 Å². The number of hydrogen-bond acceptors (Lipinski definition) is 1. The standard InChI is InChI=1S/C15H17NS2/c17-15(18)16(11-13-7-3-1-4-8-13)12-14-9-5-2-6-10-14/h1,3-5,7-10H,2,6,11-12H2,(H,17,18). The van der Waals surface area contributed by atoms with Crippen molar-refractivity contribution < 1.29 is 0 Å². The predicted molar refractivity (Wildman–Crippen MR) is 84.9 cm³/mol. The third-order valence-corrected chi connectivity index (χ3v) is 3.47. The predicted octanol–water partition coefficient (Wildman–Crippen LogP) is 3.98. The fourth-order valence-corrected chi connectivity index (χ4v) is 2.27. The van der Waals surface area contributed by atoms with Crippen LogP contribution in [0.3, 0.4) is 0 Å². The number of nitrogens with zero attached hydrogens (tertiary/aromatic N) is 1. The fourth-order valence-electron chi connectivity index (χ4n) is 2.00. The Morgan fingerprint density at radius 2 is 1.94 bits per heavy atom. The number of thiol groups is 1. The van der Waals surface area contributed by atoms with E-state index in [4.69, 9.17) is 12.2 Å². The molecule has 1 aromatic carbocycles. The van der Waals surface area contributed by atoms with E-state index in [1.807, 2.05) is 6.07 Å². The van der Waals surface area contributed by atoms with Crippen molar-refractivity contribution >= 4 is 29.2 Å². The summed E-state index contributed by atoms with van der Waals surface area (Å²) >= 11 is 9.55. The Morgan fingerprint density at radius 3 is 2.56 bits per heavy atom. The van der Waals surface area contributed by atoms with E-state index >= 15 is 0 Å². The maximum Gasteiger partial charge on any atom is 0.133 e. The first-order valence-electron chi connectivity index (χ1n) is 6.13. The molecule has 0 radical (unpaired) electrons. The highest BCUT2D eigenvalue weighted by Crippen LogP contribution is 2.14. The lowest BCUT2D eigenvalue weighted by atomic mass is 10.1.